The van der Waals surface area contributed by atoms with Crippen molar-refractivity contribution in [2.75, 3.05) is 18.5 Å². The lowest BCUT2D eigenvalue weighted by atomic mass is 10.0. The highest BCUT2D eigenvalue weighted by atomic mass is 16.3. The van der Waals surface area contributed by atoms with Gasteiger partial charge < -0.3 is 10.4 Å². The number of benzene rings is 2. The Morgan fingerprint density at radius 2 is 1.39 bits per heavy atom. The molecule has 0 amide bonds. The second-order valence-electron chi connectivity index (χ2n) is 5.07. The van der Waals surface area contributed by atoms with Gasteiger partial charge in [-0.3, -0.25) is 0 Å². The van der Waals surface area contributed by atoms with Crippen LogP contribution in [0.4, 0.5) is 5.95 Å². The first-order valence-electron chi connectivity index (χ1n) is 7.59. The molecule has 0 aliphatic rings. The highest BCUT2D eigenvalue weighted by Crippen LogP contribution is 2.28. The standard InChI is InChI=1S/C18H18N4O/c23-13-7-12-19-18-20-16(14-8-3-1-4-9-14)17(21-22-18)15-10-5-2-6-11-15/h1-6,8-11,23H,7,12-13H2,(H,19,20,22). The van der Waals surface area contributed by atoms with Crippen molar-refractivity contribution < 1.29 is 5.11 Å². The number of nitrogens with one attached hydrogen (secondary N) is 1. The van der Waals surface area contributed by atoms with Gasteiger partial charge in [0.25, 0.3) is 0 Å². The molecule has 1 heterocycles. The zero-order valence-electron chi connectivity index (χ0n) is 12.7. The van der Waals surface area contributed by atoms with Gasteiger partial charge in [-0.15, -0.1) is 10.2 Å². The number of aliphatic hydroxyl groups excluding tert-OH is 1. The lowest BCUT2D eigenvalue weighted by molar-refractivity contribution is 0.292. The monoisotopic (exact) mass is 306 g/mol. The summed E-state index contributed by atoms with van der Waals surface area (Å²) in [5.74, 6) is 0.469. The van der Waals surface area contributed by atoms with E-state index in [-0.39, 0.29) is 6.61 Å². The van der Waals surface area contributed by atoms with E-state index in [1.807, 2.05) is 60.7 Å². The van der Waals surface area contributed by atoms with Crippen LogP contribution in [-0.2, 0) is 0 Å². The van der Waals surface area contributed by atoms with Crippen LogP contribution in [0.1, 0.15) is 6.42 Å². The molecule has 0 spiro atoms. The van der Waals surface area contributed by atoms with Gasteiger partial charge in [-0.05, 0) is 6.42 Å². The summed E-state index contributed by atoms with van der Waals surface area (Å²) in [6.45, 7) is 0.741. The molecule has 5 nitrogen and oxygen atoms in total. The molecule has 0 aliphatic heterocycles. The minimum atomic E-state index is 0.133. The van der Waals surface area contributed by atoms with Gasteiger partial charge in [-0.25, -0.2) is 4.98 Å². The van der Waals surface area contributed by atoms with Gasteiger partial charge in [0.1, 0.15) is 11.4 Å². The molecule has 0 aliphatic carbocycles. The Morgan fingerprint density at radius 3 is 2.00 bits per heavy atom. The third kappa shape index (κ3) is 3.70. The van der Waals surface area contributed by atoms with Crippen LogP contribution in [0.15, 0.2) is 60.7 Å². The molecule has 0 fully saturated rings. The molecular formula is C18H18N4O. The molecular weight excluding hydrogens is 288 g/mol. The van der Waals surface area contributed by atoms with Gasteiger partial charge in [-0.1, -0.05) is 60.7 Å². The van der Waals surface area contributed by atoms with Crippen molar-refractivity contribution in [2.24, 2.45) is 0 Å². The topological polar surface area (TPSA) is 70.9 Å². The Labute approximate surface area is 135 Å². The summed E-state index contributed by atoms with van der Waals surface area (Å²) >= 11 is 0. The van der Waals surface area contributed by atoms with E-state index in [9.17, 15) is 0 Å². The molecule has 0 atom stereocenters. The van der Waals surface area contributed by atoms with Gasteiger partial charge in [0.2, 0.25) is 5.95 Å². The molecule has 0 saturated heterocycles. The molecule has 5 heteroatoms. The van der Waals surface area contributed by atoms with E-state index >= 15 is 0 Å². The lowest BCUT2D eigenvalue weighted by Gasteiger charge is -2.10. The number of hydrogen-bond donors (Lipinski definition) is 2. The van der Waals surface area contributed by atoms with Crippen LogP contribution in [0.2, 0.25) is 0 Å². The highest BCUT2D eigenvalue weighted by Gasteiger charge is 2.12. The molecule has 23 heavy (non-hydrogen) atoms. The number of nitrogens with zero attached hydrogens (tertiary/aromatic N) is 3. The molecule has 1 aromatic heterocycles. The van der Waals surface area contributed by atoms with Gasteiger partial charge in [-0.2, -0.15) is 0 Å². The van der Waals surface area contributed by atoms with Crippen molar-refractivity contribution >= 4 is 5.95 Å². The van der Waals surface area contributed by atoms with Crippen molar-refractivity contribution in [3.8, 4) is 22.5 Å². The Balaban J connectivity index is 2.02. The molecule has 0 radical (unpaired) electrons. The first-order chi connectivity index (χ1) is 11.4. The minimum Gasteiger partial charge on any atom is -0.396 e. The number of aliphatic hydroxyl groups is 1. The molecule has 2 aromatic carbocycles. The average Bonchev–Trinajstić information content (AvgIpc) is 2.63. The number of hydrogen-bond acceptors (Lipinski definition) is 5. The summed E-state index contributed by atoms with van der Waals surface area (Å²) in [6, 6.07) is 19.8. The smallest absolute Gasteiger partial charge is 0.243 e. The zero-order valence-corrected chi connectivity index (χ0v) is 12.7. The van der Waals surface area contributed by atoms with Gasteiger partial charge in [0.05, 0.1) is 0 Å². The SMILES string of the molecule is OCCCNc1nnc(-c2ccccc2)c(-c2ccccc2)n1. The van der Waals surface area contributed by atoms with Crippen LogP contribution in [0.5, 0.6) is 0 Å². The predicted octanol–water partition coefficient (Wildman–Crippen LogP) is 3.00. The van der Waals surface area contributed by atoms with Crippen LogP contribution in [0.3, 0.4) is 0 Å². The lowest BCUT2D eigenvalue weighted by Crippen LogP contribution is -2.09. The van der Waals surface area contributed by atoms with Gasteiger partial charge in [0, 0.05) is 24.3 Å². The maximum Gasteiger partial charge on any atom is 0.243 e. The quantitative estimate of drug-likeness (QED) is 0.685. The van der Waals surface area contributed by atoms with Crippen LogP contribution >= 0.6 is 0 Å². The van der Waals surface area contributed by atoms with Crippen molar-refractivity contribution in [1.29, 1.82) is 0 Å². The summed E-state index contributed by atoms with van der Waals surface area (Å²) in [5, 5.41) is 20.5. The fourth-order valence-electron chi connectivity index (χ4n) is 2.27. The minimum absolute atomic E-state index is 0.133. The van der Waals surface area contributed by atoms with Crippen LogP contribution in [0.25, 0.3) is 22.5 Å². The Hall–Kier alpha value is -2.79. The van der Waals surface area contributed by atoms with E-state index < -0.39 is 0 Å². The molecule has 2 N–H and O–H groups in total. The summed E-state index contributed by atoms with van der Waals surface area (Å²) in [5.41, 5.74) is 3.52. The van der Waals surface area contributed by atoms with Gasteiger partial charge >= 0.3 is 0 Å². The van der Waals surface area contributed by atoms with Crippen LogP contribution in [0, 0.1) is 0 Å². The van der Waals surface area contributed by atoms with Crippen LogP contribution in [-0.4, -0.2) is 33.4 Å². The third-order valence-electron chi connectivity index (χ3n) is 3.40. The Morgan fingerprint density at radius 1 is 0.783 bits per heavy atom. The van der Waals surface area contributed by atoms with Crippen molar-refractivity contribution in [3.63, 3.8) is 0 Å². The summed E-state index contributed by atoms with van der Waals surface area (Å²) < 4.78 is 0. The molecule has 3 rings (SSSR count). The summed E-state index contributed by atoms with van der Waals surface area (Å²) in [4.78, 5) is 4.62. The van der Waals surface area contributed by atoms with E-state index in [0.29, 0.717) is 18.9 Å². The average molecular weight is 306 g/mol. The molecule has 116 valence electrons. The Bertz CT molecular complexity index is 747. The first kappa shape index (κ1) is 15.1. The summed E-state index contributed by atoms with van der Waals surface area (Å²) in [6.07, 6.45) is 0.643. The number of anilines is 1. The van der Waals surface area contributed by atoms with E-state index in [0.717, 1.165) is 22.5 Å². The summed E-state index contributed by atoms with van der Waals surface area (Å²) in [7, 11) is 0. The second-order valence-corrected chi connectivity index (χ2v) is 5.07. The van der Waals surface area contributed by atoms with Crippen molar-refractivity contribution in [3.05, 3.63) is 60.7 Å². The molecule has 0 bridgehead atoms. The van der Waals surface area contributed by atoms with Crippen molar-refractivity contribution in [1.82, 2.24) is 15.2 Å². The molecule has 0 unspecified atom stereocenters. The number of rotatable bonds is 6. The zero-order chi connectivity index (χ0) is 15.9. The third-order valence-corrected chi connectivity index (χ3v) is 3.40. The maximum absolute atomic E-state index is 8.87. The molecule has 0 saturated carbocycles. The molecule has 3 aromatic rings. The predicted molar refractivity (Wildman–Crippen MR) is 90.9 cm³/mol. The number of aromatic nitrogens is 3. The maximum atomic E-state index is 8.87. The Kier molecular flexibility index (Phi) is 4.91. The normalized spacial score (nSPS) is 10.5. The van der Waals surface area contributed by atoms with E-state index in [1.165, 1.54) is 0 Å². The van der Waals surface area contributed by atoms with E-state index in [2.05, 4.69) is 20.5 Å². The fraction of sp³-hybridized carbons (Fsp3) is 0.167. The highest BCUT2D eigenvalue weighted by molar-refractivity contribution is 5.77. The van der Waals surface area contributed by atoms with E-state index in [1.54, 1.807) is 0 Å². The van der Waals surface area contributed by atoms with Crippen LogP contribution < -0.4 is 5.32 Å². The fourth-order valence-corrected chi connectivity index (χ4v) is 2.27. The first-order valence-corrected chi connectivity index (χ1v) is 7.59. The van der Waals surface area contributed by atoms with E-state index in [4.69, 9.17) is 5.11 Å². The van der Waals surface area contributed by atoms with Crippen molar-refractivity contribution in [2.45, 2.75) is 6.42 Å². The second kappa shape index (κ2) is 7.47. The van der Waals surface area contributed by atoms with Gasteiger partial charge in [0.15, 0.2) is 0 Å². The largest absolute Gasteiger partial charge is 0.396 e.